The molecule has 5 heteroatoms. The van der Waals surface area contributed by atoms with Gasteiger partial charge in [-0.1, -0.05) is 32.9 Å². The number of carbonyl (C=O) groups excluding carboxylic acids is 1. The van der Waals surface area contributed by atoms with Gasteiger partial charge in [-0.2, -0.15) is 0 Å². The Hall–Kier alpha value is -1.49. The van der Waals surface area contributed by atoms with E-state index in [1.54, 1.807) is 13.0 Å². The van der Waals surface area contributed by atoms with E-state index in [2.05, 4.69) is 5.32 Å². The predicted octanol–water partition coefficient (Wildman–Crippen LogP) is 3.24. The molecule has 1 amide bonds. The SMILES string of the molecule is CC(Sc1ccccc1NC(=O)C(C)(C)C)C(=O)O. The Kier molecular flexibility index (Phi) is 5.00. The lowest BCUT2D eigenvalue weighted by Crippen LogP contribution is -2.27. The molecule has 1 atom stereocenters. The highest BCUT2D eigenvalue weighted by Crippen LogP contribution is 2.31. The van der Waals surface area contributed by atoms with Crippen LogP contribution in [0.5, 0.6) is 0 Å². The number of aliphatic carboxylic acids is 1. The standard InChI is InChI=1S/C14H19NO3S/c1-9(12(16)17)19-11-8-6-5-7-10(11)15-13(18)14(2,3)4/h5-9H,1-4H3,(H,15,18)(H,16,17). The van der Waals surface area contributed by atoms with E-state index in [9.17, 15) is 9.59 Å². The van der Waals surface area contributed by atoms with Gasteiger partial charge in [-0.05, 0) is 19.1 Å². The van der Waals surface area contributed by atoms with Crippen molar-refractivity contribution in [2.45, 2.75) is 37.8 Å². The third-order valence-corrected chi connectivity index (χ3v) is 3.63. The second-order valence-electron chi connectivity index (χ2n) is 5.30. The van der Waals surface area contributed by atoms with Crippen molar-refractivity contribution in [2.24, 2.45) is 5.41 Å². The molecule has 0 aliphatic heterocycles. The molecule has 0 spiro atoms. The minimum atomic E-state index is -0.873. The van der Waals surface area contributed by atoms with Crippen LogP contribution in [-0.4, -0.2) is 22.2 Å². The van der Waals surface area contributed by atoms with Gasteiger partial charge in [0.1, 0.15) is 5.25 Å². The molecule has 1 rings (SSSR count). The number of anilines is 1. The van der Waals surface area contributed by atoms with Crippen LogP contribution in [0, 0.1) is 5.41 Å². The van der Waals surface area contributed by atoms with E-state index >= 15 is 0 Å². The number of hydrogen-bond acceptors (Lipinski definition) is 3. The van der Waals surface area contributed by atoms with Gasteiger partial charge in [0.2, 0.25) is 5.91 Å². The molecule has 0 saturated carbocycles. The maximum Gasteiger partial charge on any atom is 0.316 e. The molecule has 0 saturated heterocycles. The van der Waals surface area contributed by atoms with Gasteiger partial charge in [-0.25, -0.2) is 0 Å². The molecule has 1 aromatic carbocycles. The van der Waals surface area contributed by atoms with E-state index in [-0.39, 0.29) is 5.91 Å². The van der Waals surface area contributed by atoms with E-state index in [1.165, 1.54) is 11.8 Å². The first-order chi connectivity index (χ1) is 8.71. The van der Waals surface area contributed by atoms with Gasteiger partial charge >= 0.3 is 5.97 Å². The molecule has 0 fully saturated rings. The van der Waals surface area contributed by atoms with Gasteiger partial charge in [0, 0.05) is 10.3 Å². The largest absolute Gasteiger partial charge is 0.480 e. The zero-order chi connectivity index (χ0) is 14.6. The molecule has 1 unspecified atom stereocenters. The lowest BCUT2D eigenvalue weighted by Gasteiger charge is -2.19. The topological polar surface area (TPSA) is 66.4 Å². The summed E-state index contributed by atoms with van der Waals surface area (Å²) < 4.78 is 0. The highest BCUT2D eigenvalue weighted by molar-refractivity contribution is 8.00. The summed E-state index contributed by atoms with van der Waals surface area (Å²) in [6.45, 7) is 7.11. The molecule has 4 nitrogen and oxygen atoms in total. The molecule has 0 radical (unpaired) electrons. The third-order valence-electron chi connectivity index (χ3n) is 2.47. The summed E-state index contributed by atoms with van der Waals surface area (Å²) in [6, 6.07) is 7.22. The second-order valence-corrected chi connectivity index (χ2v) is 6.68. The number of rotatable bonds is 4. The number of nitrogens with one attached hydrogen (secondary N) is 1. The zero-order valence-electron chi connectivity index (χ0n) is 11.6. The molecular formula is C14H19NO3S. The molecule has 0 bridgehead atoms. The Morgan fingerprint density at radius 2 is 1.84 bits per heavy atom. The number of carboxylic acids is 1. The maximum atomic E-state index is 12.0. The Bertz CT molecular complexity index is 480. The van der Waals surface area contributed by atoms with Crippen LogP contribution in [-0.2, 0) is 9.59 Å². The second kappa shape index (κ2) is 6.10. The van der Waals surface area contributed by atoms with Gasteiger partial charge in [-0.15, -0.1) is 11.8 Å². The summed E-state index contributed by atoms with van der Waals surface area (Å²) in [7, 11) is 0. The fraction of sp³-hybridized carbons (Fsp3) is 0.429. The van der Waals surface area contributed by atoms with Gasteiger partial charge in [0.15, 0.2) is 0 Å². The molecular weight excluding hydrogens is 262 g/mol. The van der Waals surface area contributed by atoms with Crippen LogP contribution >= 0.6 is 11.8 Å². The van der Waals surface area contributed by atoms with Crippen LogP contribution in [0.1, 0.15) is 27.7 Å². The summed E-state index contributed by atoms with van der Waals surface area (Å²) >= 11 is 1.22. The first-order valence-corrected chi connectivity index (χ1v) is 6.89. The number of benzene rings is 1. The van der Waals surface area contributed by atoms with Crippen molar-refractivity contribution in [3.63, 3.8) is 0 Å². The summed E-state index contributed by atoms with van der Waals surface area (Å²) in [4.78, 5) is 23.6. The Labute approximate surface area is 117 Å². The van der Waals surface area contributed by atoms with Crippen molar-refractivity contribution in [1.82, 2.24) is 0 Å². The van der Waals surface area contributed by atoms with Crippen LogP contribution in [0.25, 0.3) is 0 Å². The fourth-order valence-corrected chi connectivity index (χ4v) is 2.11. The lowest BCUT2D eigenvalue weighted by molar-refractivity contribution is -0.136. The smallest absolute Gasteiger partial charge is 0.316 e. The van der Waals surface area contributed by atoms with Crippen LogP contribution < -0.4 is 5.32 Å². The fourth-order valence-electron chi connectivity index (χ4n) is 1.22. The van der Waals surface area contributed by atoms with Crippen molar-refractivity contribution in [2.75, 3.05) is 5.32 Å². The van der Waals surface area contributed by atoms with Crippen LogP contribution in [0.4, 0.5) is 5.69 Å². The van der Waals surface area contributed by atoms with Crippen molar-refractivity contribution in [1.29, 1.82) is 0 Å². The first kappa shape index (κ1) is 15.6. The molecule has 2 N–H and O–H groups in total. The number of amides is 1. The van der Waals surface area contributed by atoms with E-state index < -0.39 is 16.6 Å². The first-order valence-electron chi connectivity index (χ1n) is 6.02. The summed E-state index contributed by atoms with van der Waals surface area (Å²) in [5.74, 6) is -0.967. The molecule has 0 aliphatic carbocycles. The number of thioether (sulfide) groups is 1. The van der Waals surface area contributed by atoms with Crippen LogP contribution in [0.3, 0.4) is 0 Å². The van der Waals surface area contributed by atoms with E-state index in [4.69, 9.17) is 5.11 Å². The van der Waals surface area contributed by atoms with E-state index in [0.29, 0.717) is 5.69 Å². The van der Waals surface area contributed by atoms with Gasteiger partial charge < -0.3 is 10.4 Å². The number of para-hydroxylation sites is 1. The third kappa shape index (κ3) is 4.59. The minimum Gasteiger partial charge on any atom is -0.480 e. The quantitative estimate of drug-likeness (QED) is 0.831. The van der Waals surface area contributed by atoms with Gasteiger partial charge in [-0.3, -0.25) is 9.59 Å². The van der Waals surface area contributed by atoms with Crippen molar-refractivity contribution in [3.8, 4) is 0 Å². The lowest BCUT2D eigenvalue weighted by atomic mass is 9.95. The Balaban J connectivity index is 2.91. The van der Waals surface area contributed by atoms with E-state index in [0.717, 1.165) is 4.90 Å². The summed E-state index contributed by atoms with van der Waals surface area (Å²) in [6.07, 6.45) is 0. The van der Waals surface area contributed by atoms with Gasteiger partial charge in [0.05, 0.1) is 5.69 Å². The Morgan fingerprint density at radius 1 is 1.26 bits per heavy atom. The highest BCUT2D eigenvalue weighted by Gasteiger charge is 2.22. The Morgan fingerprint density at radius 3 is 2.37 bits per heavy atom. The summed E-state index contributed by atoms with van der Waals surface area (Å²) in [5, 5.41) is 11.2. The van der Waals surface area contributed by atoms with Crippen molar-refractivity contribution >= 4 is 29.3 Å². The maximum absolute atomic E-state index is 12.0. The molecule has 0 heterocycles. The molecule has 19 heavy (non-hydrogen) atoms. The van der Waals surface area contributed by atoms with Crippen LogP contribution in [0.15, 0.2) is 29.2 Å². The van der Waals surface area contributed by atoms with Crippen molar-refractivity contribution < 1.29 is 14.7 Å². The molecule has 104 valence electrons. The summed E-state index contributed by atoms with van der Waals surface area (Å²) in [5.41, 5.74) is 0.163. The number of carbonyl (C=O) groups is 2. The van der Waals surface area contributed by atoms with E-state index in [1.807, 2.05) is 39.0 Å². The number of carboxylic acid groups (broad SMARTS) is 1. The zero-order valence-corrected chi connectivity index (χ0v) is 12.4. The highest BCUT2D eigenvalue weighted by atomic mass is 32.2. The monoisotopic (exact) mass is 281 g/mol. The minimum absolute atomic E-state index is 0.0940. The average molecular weight is 281 g/mol. The predicted molar refractivity (Wildman–Crippen MR) is 77.5 cm³/mol. The molecule has 1 aromatic rings. The normalized spacial score (nSPS) is 12.8. The van der Waals surface area contributed by atoms with Crippen molar-refractivity contribution in [3.05, 3.63) is 24.3 Å². The average Bonchev–Trinajstić information content (AvgIpc) is 2.30. The van der Waals surface area contributed by atoms with Gasteiger partial charge in [0.25, 0.3) is 0 Å². The number of hydrogen-bond donors (Lipinski definition) is 2. The van der Waals surface area contributed by atoms with Crippen LogP contribution in [0.2, 0.25) is 0 Å². The molecule has 0 aliphatic rings. The molecule has 0 aromatic heterocycles.